The smallest absolute Gasteiger partial charge is 0.124 e. The molecule has 2 nitrogen and oxygen atoms in total. The molecule has 0 aliphatic rings. The summed E-state index contributed by atoms with van der Waals surface area (Å²) in [6.45, 7) is 4.57. The van der Waals surface area contributed by atoms with Crippen LogP contribution in [0.4, 0.5) is 0 Å². The third-order valence-electron chi connectivity index (χ3n) is 2.94. The fraction of sp³-hybridized carbons (Fsp3) is 0.250. The van der Waals surface area contributed by atoms with Crippen molar-refractivity contribution in [2.75, 3.05) is 0 Å². The van der Waals surface area contributed by atoms with Gasteiger partial charge >= 0.3 is 0 Å². The van der Waals surface area contributed by atoms with Crippen molar-refractivity contribution in [1.29, 1.82) is 0 Å². The van der Waals surface area contributed by atoms with Crippen LogP contribution in [0, 0.1) is 6.92 Å². The molecule has 100 valence electrons. The van der Waals surface area contributed by atoms with Crippen LogP contribution in [0.2, 0.25) is 0 Å². The third-order valence-corrected chi connectivity index (χ3v) is 3.44. The SMILES string of the molecule is Cc1ccc([C@H](C)N)c(OCc2cccc(Br)c2)c1. The molecule has 0 spiro atoms. The van der Waals surface area contributed by atoms with Crippen molar-refractivity contribution >= 4 is 15.9 Å². The molecule has 19 heavy (non-hydrogen) atoms. The molecule has 2 N–H and O–H groups in total. The van der Waals surface area contributed by atoms with Gasteiger partial charge in [-0.05, 0) is 43.2 Å². The van der Waals surface area contributed by atoms with E-state index in [0.717, 1.165) is 21.3 Å². The summed E-state index contributed by atoms with van der Waals surface area (Å²) in [5.41, 5.74) is 9.32. The quantitative estimate of drug-likeness (QED) is 0.908. The van der Waals surface area contributed by atoms with Crippen LogP contribution in [-0.4, -0.2) is 0 Å². The molecule has 2 rings (SSSR count). The van der Waals surface area contributed by atoms with Crippen molar-refractivity contribution in [2.24, 2.45) is 5.73 Å². The van der Waals surface area contributed by atoms with E-state index in [1.165, 1.54) is 5.56 Å². The molecule has 0 amide bonds. The number of aryl methyl sites for hydroxylation is 1. The number of rotatable bonds is 4. The molecule has 0 radical (unpaired) electrons. The van der Waals surface area contributed by atoms with Gasteiger partial charge in [0.2, 0.25) is 0 Å². The van der Waals surface area contributed by atoms with Crippen LogP contribution in [0.25, 0.3) is 0 Å². The lowest BCUT2D eigenvalue weighted by atomic mass is 10.1. The van der Waals surface area contributed by atoms with Crippen molar-refractivity contribution in [3.05, 3.63) is 63.6 Å². The van der Waals surface area contributed by atoms with E-state index < -0.39 is 0 Å². The molecule has 0 aliphatic carbocycles. The van der Waals surface area contributed by atoms with Crippen molar-refractivity contribution < 1.29 is 4.74 Å². The first-order chi connectivity index (χ1) is 9.06. The summed E-state index contributed by atoms with van der Waals surface area (Å²) in [4.78, 5) is 0. The molecule has 3 heteroatoms. The van der Waals surface area contributed by atoms with E-state index in [9.17, 15) is 0 Å². The molecule has 0 fully saturated rings. The minimum atomic E-state index is -0.0295. The molecule has 0 saturated heterocycles. The van der Waals surface area contributed by atoms with E-state index in [0.29, 0.717) is 6.61 Å². The minimum Gasteiger partial charge on any atom is -0.489 e. The van der Waals surface area contributed by atoms with Gasteiger partial charge in [0.05, 0.1) is 0 Å². The molecule has 0 saturated carbocycles. The molecular formula is C16H18BrNO. The lowest BCUT2D eigenvalue weighted by molar-refractivity contribution is 0.301. The summed E-state index contributed by atoms with van der Waals surface area (Å²) >= 11 is 3.46. The monoisotopic (exact) mass is 319 g/mol. The Labute approximate surface area is 122 Å². The van der Waals surface area contributed by atoms with E-state index in [1.807, 2.05) is 37.3 Å². The number of hydrogen-bond acceptors (Lipinski definition) is 2. The predicted octanol–water partition coefficient (Wildman–Crippen LogP) is 4.36. The van der Waals surface area contributed by atoms with Crippen LogP contribution >= 0.6 is 15.9 Å². The Balaban J connectivity index is 2.17. The zero-order valence-corrected chi connectivity index (χ0v) is 12.8. The highest BCUT2D eigenvalue weighted by Crippen LogP contribution is 2.26. The molecule has 0 aliphatic heterocycles. The average molecular weight is 320 g/mol. The second-order valence-electron chi connectivity index (χ2n) is 4.75. The van der Waals surface area contributed by atoms with E-state index in [-0.39, 0.29) is 6.04 Å². The summed E-state index contributed by atoms with van der Waals surface area (Å²) in [7, 11) is 0. The first kappa shape index (κ1) is 14.1. The topological polar surface area (TPSA) is 35.2 Å². The maximum atomic E-state index is 5.97. The van der Waals surface area contributed by atoms with Gasteiger partial charge in [-0.15, -0.1) is 0 Å². The third kappa shape index (κ3) is 3.82. The molecule has 2 aromatic rings. The number of ether oxygens (including phenoxy) is 1. The Morgan fingerprint density at radius 3 is 2.68 bits per heavy atom. The van der Waals surface area contributed by atoms with E-state index in [1.54, 1.807) is 0 Å². The van der Waals surface area contributed by atoms with Crippen molar-refractivity contribution in [2.45, 2.75) is 26.5 Å². The van der Waals surface area contributed by atoms with Gasteiger partial charge in [-0.3, -0.25) is 0 Å². The standard InChI is InChI=1S/C16H18BrNO/c1-11-6-7-15(12(2)18)16(8-11)19-10-13-4-3-5-14(17)9-13/h3-9,12H,10,18H2,1-2H3/t12-/m0/s1. The second-order valence-corrected chi connectivity index (χ2v) is 5.66. The number of hydrogen-bond donors (Lipinski definition) is 1. The maximum absolute atomic E-state index is 5.97. The maximum Gasteiger partial charge on any atom is 0.124 e. The number of nitrogens with two attached hydrogens (primary N) is 1. The second kappa shape index (κ2) is 6.22. The van der Waals surface area contributed by atoms with Crippen molar-refractivity contribution in [3.63, 3.8) is 0 Å². The lowest BCUT2D eigenvalue weighted by Gasteiger charge is -2.15. The first-order valence-electron chi connectivity index (χ1n) is 6.29. The Morgan fingerprint density at radius 1 is 1.21 bits per heavy atom. The molecular weight excluding hydrogens is 302 g/mol. The highest BCUT2D eigenvalue weighted by atomic mass is 79.9. The van der Waals surface area contributed by atoms with Gasteiger partial charge < -0.3 is 10.5 Å². The van der Waals surface area contributed by atoms with Crippen LogP contribution in [-0.2, 0) is 6.61 Å². The lowest BCUT2D eigenvalue weighted by Crippen LogP contribution is -2.08. The normalized spacial score (nSPS) is 12.2. The molecule has 2 aromatic carbocycles. The molecule has 0 bridgehead atoms. The summed E-state index contributed by atoms with van der Waals surface area (Å²) in [6.07, 6.45) is 0. The van der Waals surface area contributed by atoms with Gasteiger partial charge in [-0.1, -0.05) is 40.2 Å². The highest BCUT2D eigenvalue weighted by molar-refractivity contribution is 9.10. The molecule has 0 unspecified atom stereocenters. The van der Waals surface area contributed by atoms with Crippen molar-refractivity contribution in [3.8, 4) is 5.75 Å². The van der Waals surface area contributed by atoms with Crippen LogP contribution in [0.3, 0.4) is 0 Å². The predicted molar refractivity (Wildman–Crippen MR) is 82.3 cm³/mol. The van der Waals surface area contributed by atoms with Crippen molar-refractivity contribution in [1.82, 2.24) is 0 Å². The fourth-order valence-electron chi connectivity index (χ4n) is 1.93. The van der Waals surface area contributed by atoms with Gasteiger partial charge in [-0.25, -0.2) is 0 Å². The molecule has 0 aromatic heterocycles. The van der Waals surface area contributed by atoms with Gasteiger partial charge in [0, 0.05) is 16.1 Å². The van der Waals surface area contributed by atoms with Crippen LogP contribution in [0.1, 0.15) is 29.7 Å². The zero-order chi connectivity index (χ0) is 13.8. The average Bonchev–Trinajstić information content (AvgIpc) is 2.36. The molecule has 0 heterocycles. The Bertz CT molecular complexity index is 566. The van der Waals surface area contributed by atoms with E-state index in [4.69, 9.17) is 10.5 Å². The van der Waals surface area contributed by atoms with Crippen LogP contribution in [0.5, 0.6) is 5.75 Å². The zero-order valence-electron chi connectivity index (χ0n) is 11.2. The van der Waals surface area contributed by atoms with Gasteiger partial charge in [0.25, 0.3) is 0 Å². The largest absolute Gasteiger partial charge is 0.489 e. The van der Waals surface area contributed by atoms with Crippen LogP contribution < -0.4 is 10.5 Å². The van der Waals surface area contributed by atoms with E-state index >= 15 is 0 Å². The van der Waals surface area contributed by atoms with Gasteiger partial charge in [0.1, 0.15) is 12.4 Å². The Kier molecular flexibility index (Phi) is 4.61. The Morgan fingerprint density at radius 2 is 2.00 bits per heavy atom. The number of halogens is 1. The van der Waals surface area contributed by atoms with Crippen LogP contribution in [0.15, 0.2) is 46.9 Å². The van der Waals surface area contributed by atoms with Gasteiger partial charge in [-0.2, -0.15) is 0 Å². The summed E-state index contributed by atoms with van der Waals surface area (Å²) in [6, 6.07) is 14.2. The summed E-state index contributed by atoms with van der Waals surface area (Å²) in [5.74, 6) is 0.870. The minimum absolute atomic E-state index is 0.0295. The van der Waals surface area contributed by atoms with E-state index in [2.05, 4.69) is 35.0 Å². The van der Waals surface area contributed by atoms with Gasteiger partial charge in [0.15, 0.2) is 0 Å². The first-order valence-corrected chi connectivity index (χ1v) is 7.09. The summed E-state index contributed by atoms with van der Waals surface area (Å²) < 4.78 is 6.98. The number of benzene rings is 2. The Hall–Kier alpha value is -1.32. The fourth-order valence-corrected chi connectivity index (χ4v) is 2.38. The summed E-state index contributed by atoms with van der Waals surface area (Å²) in [5, 5.41) is 0. The highest BCUT2D eigenvalue weighted by Gasteiger charge is 2.08. The molecule has 1 atom stereocenters.